The zero-order valence-electron chi connectivity index (χ0n) is 10.8. The van der Waals surface area contributed by atoms with Crippen molar-refractivity contribution in [2.75, 3.05) is 12.3 Å². The molecule has 1 aromatic rings. The molecule has 0 aliphatic heterocycles. The van der Waals surface area contributed by atoms with Gasteiger partial charge < -0.3 is 5.73 Å². The summed E-state index contributed by atoms with van der Waals surface area (Å²) < 4.78 is 0. The molecule has 0 saturated carbocycles. The summed E-state index contributed by atoms with van der Waals surface area (Å²) in [6.07, 6.45) is 0. The molecule has 1 atom stereocenters. The lowest BCUT2D eigenvalue weighted by molar-refractivity contribution is 0.589. The fraction of sp³-hybridized carbons (Fsp3) is 0.571. The predicted molar refractivity (Wildman–Crippen MR) is 74.1 cm³/mol. The van der Waals surface area contributed by atoms with Crippen LogP contribution in [0.2, 0.25) is 0 Å². The summed E-state index contributed by atoms with van der Waals surface area (Å²) in [7, 11) is 0. The fourth-order valence-electron chi connectivity index (χ4n) is 1.36. The highest BCUT2D eigenvalue weighted by Crippen LogP contribution is 2.26. The van der Waals surface area contributed by atoms with Gasteiger partial charge >= 0.3 is 0 Å². The Morgan fingerprint density at radius 1 is 1.19 bits per heavy atom. The van der Waals surface area contributed by atoms with Crippen molar-refractivity contribution in [2.24, 2.45) is 11.7 Å². The second-order valence-corrected chi connectivity index (χ2v) is 6.52. The Morgan fingerprint density at radius 2 is 1.75 bits per heavy atom. The van der Waals surface area contributed by atoms with Crippen LogP contribution in [-0.2, 0) is 5.41 Å². The van der Waals surface area contributed by atoms with Gasteiger partial charge in [0.05, 0.1) is 0 Å². The first-order valence-electron chi connectivity index (χ1n) is 5.87. The van der Waals surface area contributed by atoms with E-state index in [1.54, 1.807) is 0 Å². The maximum absolute atomic E-state index is 5.60. The van der Waals surface area contributed by atoms with E-state index in [2.05, 4.69) is 52.0 Å². The molecule has 90 valence electrons. The van der Waals surface area contributed by atoms with Crippen molar-refractivity contribution in [3.05, 3.63) is 29.8 Å². The standard InChI is InChI=1S/C14H23NS/c1-11(9-15)10-16-13-7-5-12(6-8-13)14(2,3)4/h5-8,11H,9-10,15H2,1-4H3. The van der Waals surface area contributed by atoms with Crippen LogP contribution in [0.25, 0.3) is 0 Å². The summed E-state index contributed by atoms with van der Waals surface area (Å²) in [5, 5.41) is 0. The minimum Gasteiger partial charge on any atom is -0.330 e. The lowest BCUT2D eigenvalue weighted by atomic mass is 9.87. The maximum Gasteiger partial charge on any atom is 0.00722 e. The summed E-state index contributed by atoms with van der Waals surface area (Å²) in [6.45, 7) is 9.69. The van der Waals surface area contributed by atoms with Gasteiger partial charge in [0, 0.05) is 10.6 Å². The maximum atomic E-state index is 5.60. The third-order valence-corrected chi connectivity index (χ3v) is 4.00. The van der Waals surface area contributed by atoms with E-state index in [1.165, 1.54) is 10.5 Å². The zero-order valence-corrected chi connectivity index (χ0v) is 11.6. The van der Waals surface area contributed by atoms with E-state index < -0.39 is 0 Å². The number of thioether (sulfide) groups is 1. The van der Waals surface area contributed by atoms with E-state index >= 15 is 0 Å². The molecule has 0 aliphatic carbocycles. The van der Waals surface area contributed by atoms with Gasteiger partial charge in [-0.25, -0.2) is 0 Å². The van der Waals surface area contributed by atoms with E-state index in [9.17, 15) is 0 Å². The summed E-state index contributed by atoms with van der Waals surface area (Å²) >= 11 is 1.89. The highest BCUT2D eigenvalue weighted by molar-refractivity contribution is 7.99. The molecule has 1 nitrogen and oxygen atoms in total. The number of nitrogens with two attached hydrogens (primary N) is 1. The van der Waals surface area contributed by atoms with Gasteiger partial charge in [0.15, 0.2) is 0 Å². The van der Waals surface area contributed by atoms with Crippen LogP contribution in [0.1, 0.15) is 33.3 Å². The molecule has 0 amide bonds. The normalized spacial score (nSPS) is 13.8. The molecule has 0 spiro atoms. The first kappa shape index (κ1) is 13.6. The zero-order chi connectivity index (χ0) is 12.2. The van der Waals surface area contributed by atoms with Crippen molar-refractivity contribution < 1.29 is 0 Å². The third-order valence-electron chi connectivity index (χ3n) is 2.66. The summed E-state index contributed by atoms with van der Waals surface area (Å²) in [6, 6.07) is 8.90. The van der Waals surface area contributed by atoms with E-state index in [-0.39, 0.29) is 5.41 Å². The number of hydrogen-bond acceptors (Lipinski definition) is 2. The molecule has 2 N–H and O–H groups in total. The average Bonchev–Trinajstić information content (AvgIpc) is 2.25. The monoisotopic (exact) mass is 237 g/mol. The average molecular weight is 237 g/mol. The minimum atomic E-state index is 0.244. The van der Waals surface area contributed by atoms with Crippen molar-refractivity contribution in [2.45, 2.75) is 38.0 Å². The van der Waals surface area contributed by atoms with Crippen LogP contribution < -0.4 is 5.73 Å². The van der Waals surface area contributed by atoms with Crippen molar-refractivity contribution in [3.8, 4) is 0 Å². The second kappa shape index (κ2) is 5.74. The Morgan fingerprint density at radius 3 is 2.19 bits per heavy atom. The Balaban J connectivity index is 2.58. The molecular formula is C14H23NS. The first-order valence-corrected chi connectivity index (χ1v) is 6.85. The predicted octanol–water partition coefficient (Wildman–Crippen LogP) is 3.67. The molecule has 1 aromatic carbocycles. The number of rotatable bonds is 4. The van der Waals surface area contributed by atoms with E-state index in [1.807, 2.05) is 11.8 Å². The fourth-order valence-corrected chi connectivity index (χ4v) is 2.30. The second-order valence-electron chi connectivity index (χ2n) is 5.43. The molecule has 0 aliphatic rings. The lowest BCUT2D eigenvalue weighted by Crippen LogP contribution is -2.12. The molecule has 2 heteroatoms. The van der Waals surface area contributed by atoms with Crippen molar-refractivity contribution in [3.63, 3.8) is 0 Å². The summed E-state index contributed by atoms with van der Waals surface area (Å²) in [4.78, 5) is 1.34. The van der Waals surface area contributed by atoms with Gasteiger partial charge in [-0.15, -0.1) is 11.8 Å². The molecule has 0 radical (unpaired) electrons. The van der Waals surface area contributed by atoms with Crippen molar-refractivity contribution in [1.82, 2.24) is 0 Å². The molecule has 0 fully saturated rings. The topological polar surface area (TPSA) is 26.0 Å². The van der Waals surface area contributed by atoms with E-state index in [0.717, 1.165) is 12.3 Å². The van der Waals surface area contributed by atoms with Crippen LogP contribution in [0.3, 0.4) is 0 Å². The van der Waals surface area contributed by atoms with Gasteiger partial charge in [0.25, 0.3) is 0 Å². The minimum absolute atomic E-state index is 0.244. The van der Waals surface area contributed by atoms with Crippen LogP contribution in [0.5, 0.6) is 0 Å². The van der Waals surface area contributed by atoms with Crippen LogP contribution >= 0.6 is 11.8 Å². The van der Waals surface area contributed by atoms with Gasteiger partial charge in [-0.3, -0.25) is 0 Å². The Labute approximate surface area is 104 Å². The lowest BCUT2D eigenvalue weighted by Gasteiger charge is -2.19. The summed E-state index contributed by atoms with van der Waals surface area (Å²) in [5.41, 5.74) is 7.24. The molecule has 0 bridgehead atoms. The SMILES string of the molecule is CC(CN)CSc1ccc(C(C)(C)C)cc1. The van der Waals surface area contributed by atoms with Gasteiger partial charge in [0.2, 0.25) is 0 Å². The highest BCUT2D eigenvalue weighted by atomic mass is 32.2. The Bertz CT molecular complexity index is 311. The molecule has 1 unspecified atom stereocenters. The van der Waals surface area contributed by atoms with Crippen LogP contribution in [-0.4, -0.2) is 12.3 Å². The Kier molecular flexibility index (Phi) is 4.88. The molecular weight excluding hydrogens is 214 g/mol. The van der Waals surface area contributed by atoms with Crippen LogP contribution in [0, 0.1) is 5.92 Å². The summed E-state index contributed by atoms with van der Waals surface area (Å²) in [5.74, 6) is 1.69. The van der Waals surface area contributed by atoms with Gasteiger partial charge in [-0.05, 0) is 35.6 Å². The van der Waals surface area contributed by atoms with E-state index in [0.29, 0.717) is 5.92 Å². The highest BCUT2D eigenvalue weighted by Gasteiger charge is 2.12. The Hall–Kier alpha value is -0.470. The third kappa shape index (κ3) is 4.18. The van der Waals surface area contributed by atoms with Gasteiger partial charge in [-0.2, -0.15) is 0 Å². The van der Waals surface area contributed by atoms with Crippen molar-refractivity contribution in [1.29, 1.82) is 0 Å². The molecule has 0 aromatic heterocycles. The molecule has 1 rings (SSSR count). The number of benzene rings is 1. The molecule has 0 saturated heterocycles. The van der Waals surface area contributed by atoms with Crippen molar-refractivity contribution >= 4 is 11.8 Å². The van der Waals surface area contributed by atoms with Gasteiger partial charge in [-0.1, -0.05) is 39.8 Å². The van der Waals surface area contributed by atoms with E-state index in [4.69, 9.17) is 5.73 Å². The first-order chi connectivity index (χ1) is 7.43. The number of hydrogen-bond donors (Lipinski definition) is 1. The largest absolute Gasteiger partial charge is 0.330 e. The van der Waals surface area contributed by atoms with Crippen LogP contribution in [0.15, 0.2) is 29.2 Å². The molecule has 16 heavy (non-hydrogen) atoms. The quantitative estimate of drug-likeness (QED) is 0.809. The van der Waals surface area contributed by atoms with Gasteiger partial charge in [0.1, 0.15) is 0 Å². The van der Waals surface area contributed by atoms with Crippen LogP contribution in [0.4, 0.5) is 0 Å². The molecule has 0 heterocycles. The smallest absolute Gasteiger partial charge is 0.00722 e.